The molecule has 4 nitrogen and oxygen atoms in total. The summed E-state index contributed by atoms with van der Waals surface area (Å²) in [6.45, 7) is 0. The molecule has 3 atom stereocenters. The molecule has 0 fully saturated rings. The van der Waals surface area contributed by atoms with Crippen LogP contribution in [0.3, 0.4) is 0 Å². The van der Waals surface area contributed by atoms with Crippen LogP contribution in [-0.4, -0.2) is 11.0 Å². The van der Waals surface area contributed by atoms with E-state index >= 15 is 0 Å². The smallest absolute Gasteiger partial charge is 0.316 e. The highest BCUT2D eigenvalue weighted by Gasteiger charge is 2.49. The van der Waals surface area contributed by atoms with Crippen molar-refractivity contribution >= 4 is 56.6 Å². The summed E-state index contributed by atoms with van der Waals surface area (Å²) in [4.78, 5) is 28.8. The van der Waals surface area contributed by atoms with Crippen LogP contribution in [0.5, 0.6) is 5.75 Å². The number of halogens is 2. The molecule has 8 heteroatoms. The molecule has 3 heterocycles. The topological polar surface area (TPSA) is 59.2 Å². The Bertz CT molecular complexity index is 1120. The minimum atomic E-state index is -0.420. The predicted molar refractivity (Wildman–Crippen MR) is 110 cm³/mol. The van der Waals surface area contributed by atoms with Crippen LogP contribution in [0.25, 0.3) is 0 Å². The van der Waals surface area contributed by atoms with Gasteiger partial charge in [-0.1, -0.05) is 62.8 Å². The molecule has 2 aromatic carbocycles. The quantitative estimate of drug-likeness (QED) is 0.376. The summed E-state index contributed by atoms with van der Waals surface area (Å²) in [5.74, 6) is -0.358. The third-order valence-corrected chi connectivity index (χ3v) is 8.06. The van der Waals surface area contributed by atoms with Crippen molar-refractivity contribution in [2.24, 2.45) is 5.92 Å². The number of hydrogen-bond acceptors (Lipinski definition) is 5. The van der Waals surface area contributed by atoms with E-state index in [4.69, 9.17) is 16.3 Å². The summed E-state index contributed by atoms with van der Waals surface area (Å²) in [6, 6.07) is 13.1. The van der Waals surface area contributed by atoms with Crippen molar-refractivity contribution in [3.05, 3.63) is 77.6 Å². The van der Waals surface area contributed by atoms with Gasteiger partial charge in [0.2, 0.25) is 0 Å². The largest absolute Gasteiger partial charge is 0.426 e. The van der Waals surface area contributed by atoms with E-state index in [9.17, 15) is 9.59 Å². The van der Waals surface area contributed by atoms with Crippen LogP contribution < -0.4 is 9.61 Å². The zero-order valence-corrected chi connectivity index (χ0v) is 17.5. The van der Waals surface area contributed by atoms with E-state index in [-0.39, 0.29) is 22.0 Å². The van der Waals surface area contributed by atoms with Gasteiger partial charge in [0, 0.05) is 25.9 Å². The van der Waals surface area contributed by atoms with Crippen molar-refractivity contribution in [3.8, 4) is 5.75 Å². The molecule has 3 unspecified atom stereocenters. The lowest BCUT2D eigenvalue weighted by atomic mass is 9.78. The molecule has 0 amide bonds. The van der Waals surface area contributed by atoms with Crippen molar-refractivity contribution in [1.82, 2.24) is 4.98 Å². The lowest BCUT2D eigenvalue weighted by Crippen LogP contribution is -2.37. The van der Waals surface area contributed by atoms with Gasteiger partial charge in [0.05, 0.1) is 16.2 Å². The first-order valence-electron chi connectivity index (χ1n) is 8.17. The normalized spacial score (nSPS) is 23.2. The molecule has 0 bridgehead atoms. The van der Waals surface area contributed by atoms with E-state index in [1.165, 1.54) is 23.1 Å². The van der Waals surface area contributed by atoms with Crippen LogP contribution in [0.4, 0.5) is 0 Å². The number of esters is 1. The SMILES string of the molecule is O=C1Oc2ccc(Br)cc2C2c3sc(=O)[nH]c3SC(c3ccc(Cl)cc3)C12. The number of thiazole rings is 1. The number of aromatic amines is 1. The van der Waals surface area contributed by atoms with Gasteiger partial charge in [-0.05, 0) is 35.9 Å². The molecule has 2 aliphatic rings. The number of ether oxygens (including phenoxy) is 1. The fourth-order valence-electron chi connectivity index (χ4n) is 3.71. The Kier molecular flexibility index (Phi) is 4.23. The Hall–Kier alpha value is -1.54. The Morgan fingerprint density at radius 1 is 1.11 bits per heavy atom. The first-order valence-corrected chi connectivity index (χ1v) is 11.0. The van der Waals surface area contributed by atoms with E-state index in [1.807, 2.05) is 36.4 Å². The number of hydrogen-bond donors (Lipinski definition) is 1. The standard InChI is InChI=1S/C19H11BrClNO3S2/c20-9-3-6-12-11(7-9)13-14(18(23)25-12)15(8-1-4-10(21)5-2-8)26-17-16(13)27-19(24)22-17/h1-7,13-15H,(H,22,24). The third-order valence-electron chi connectivity index (χ3n) is 4.84. The number of carbonyl (C=O) groups is 1. The number of fused-ring (bicyclic) bond motifs is 5. The van der Waals surface area contributed by atoms with Crippen LogP contribution in [0, 0.1) is 5.92 Å². The molecular formula is C19H11BrClNO3S2. The van der Waals surface area contributed by atoms with Crippen LogP contribution >= 0.6 is 50.6 Å². The number of carbonyl (C=O) groups excluding carboxylic acids is 1. The lowest BCUT2D eigenvalue weighted by Gasteiger charge is -2.39. The zero-order valence-electron chi connectivity index (χ0n) is 13.6. The summed E-state index contributed by atoms with van der Waals surface area (Å²) >= 11 is 12.2. The highest BCUT2D eigenvalue weighted by molar-refractivity contribution is 9.10. The number of rotatable bonds is 1. The monoisotopic (exact) mass is 479 g/mol. The van der Waals surface area contributed by atoms with Gasteiger partial charge in [-0.2, -0.15) is 0 Å². The molecule has 0 saturated heterocycles. The molecule has 1 aromatic heterocycles. The zero-order chi connectivity index (χ0) is 18.7. The number of nitrogens with one attached hydrogen (secondary N) is 1. The van der Waals surface area contributed by atoms with E-state index in [2.05, 4.69) is 20.9 Å². The molecule has 0 spiro atoms. The van der Waals surface area contributed by atoms with E-state index in [0.29, 0.717) is 10.8 Å². The second kappa shape index (κ2) is 6.51. The van der Waals surface area contributed by atoms with Gasteiger partial charge in [0.15, 0.2) is 0 Å². The van der Waals surface area contributed by atoms with Gasteiger partial charge in [-0.3, -0.25) is 9.59 Å². The van der Waals surface area contributed by atoms with Crippen LogP contribution in [0.2, 0.25) is 5.02 Å². The highest BCUT2D eigenvalue weighted by atomic mass is 79.9. The lowest BCUT2D eigenvalue weighted by molar-refractivity contribution is -0.140. The molecule has 5 rings (SSSR count). The van der Waals surface area contributed by atoms with Crippen molar-refractivity contribution < 1.29 is 9.53 Å². The van der Waals surface area contributed by atoms with Crippen LogP contribution in [0.15, 0.2) is 56.8 Å². The minimum Gasteiger partial charge on any atom is -0.426 e. The molecule has 0 radical (unpaired) electrons. The van der Waals surface area contributed by atoms with Crippen molar-refractivity contribution in [1.29, 1.82) is 0 Å². The summed E-state index contributed by atoms with van der Waals surface area (Å²) < 4.78 is 6.58. The van der Waals surface area contributed by atoms with Gasteiger partial charge < -0.3 is 9.72 Å². The van der Waals surface area contributed by atoms with Crippen LogP contribution in [0.1, 0.15) is 27.2 Å². The Labute approximate surface area is 176 Å². The molecule has 3 aromatic rings. The number of H-pyrrole nitrogens is 1. The Balaban J connectivity index is 1.74. The van der Waals surface area contributed by atoms with E-state index < -0.39 is 5.92 Å². The molecule has 0 saturated carbocycles. The first-order chi connectivity index (χ1) is 13.0. The molecule has 136 valence electrons. The molecule has 1 N–H and O–H groups in total. The van der Waals surface area contributed by atoms with Gasteiger partial charge in [0.25, 0.3) is 0 Å². The van der Waals surface area contributed by atoms with Gasteiger partial charge in [-0.25, -0.2) is 0 Å². The van der Waals surface area contributed by atoms with Crippen molar-refractivity contribution in [2.75, 3.05) is 0 Å². The fraction of sp³-hybridized carbons (Fsp3) is 0.158. The summed E-state index contributed by atoms with van der Waals surface area (Å²) in [5.41, 5.74) is 1.90. The average Bonchev–Trinajstić information content (AvgIpc) is 3.02. The number of aromatic nitrogens is 1. The van der Waals surface area contributed by atoms with Crippen molar-refractivity contribution in [2.45, 2.75) is 16.2 Å². The van der Waals surface area contributed by atoms with Crippen LogP contribution in [-0.2, 0) is 4.79 Å². The van der Waals surface area contributed by atoms with Gasteiger partial charge in [0.1, 0.15) is 5.75 Å². The highest BCUT2D eigenvalue weighted by Crippen LogP contribution is 2.58. The van der Waals surface area contributed by atoms with Crippen molar-refractivity contribution in [3.63, 3.8) is 0 Å². The van der Waals surface area contributed by atoms with E-state index in [1.54, 1.807) is 6.07 Å². The molecule has 27 heavy (non-hydrogen) atoms. The minimum absolute atomic E-state index is 0.113. The van der Waals surface area contributed by atoms with Gasteiger partial charge in [-0.15, -0.1) is 0 Å². The summed E-state index contributed by atoms with van der Waals surface area (Å²) in [5, 5.41) is 1.29. The molecular weight excluding hydrogens is 470 g/mol. The maximum absolute atomic E-state index is 13.0. The molecule has 0 aliphatic carbocycles. The second-order valence-corrected chi connectivity index (χ2v) is 9.92. The first kappa shape index (κ1) is 17.6. The summed E-state index contributed by atoms with van der Waals surface area (Å²) in [6.07, 6.45) is 0. The summed E-state index contributed by atoms with van der Waals surface area (Å²) in [7, 11) is 0. The molecule has 2 aliphatic heterocycles. The van der Waals surface area contributed by atoms with Gasteiger partial charge >= 0.3 is 10.8 Å². The third kappa shape index (κ3) is 2.88. The Morgan fingerprint density at radius 2 is 1.89 bits per heavy atom. The maximum Gasteiger partial charge on any atom is 0.316 e. The maximum atomic E-state index is 13.0. The fourth-order valence-corrected chi connectivity index (χ4v) is 6.80. The van der Waals surface area contributed by atoms with E-state index in [0.717, 1.165) is 25.5 Å². The number of benzene rings is 2. The number of thioether (sulfide) groups is 1. The Morgan fingerprint density at radius 3 is 2.67 bits per heavy atom. The average molecular weight is 481 g/mol. The second-order valence-electron chi connectivity index (χ2n) is 6.40. The predicted octanol–water partition coefficient (Wildman–Crippen LogP) is 5.37.